The zero-order valence-electron chi connectivity index (χ0n) is 33.7. The molecule has 0 aliphatic carbocycles. The minimum atomic E-state index is 1.00. The number of nitrogens with zero attached hydrogens (tertiary/aromatic N) is 2. The Morgan fingerprint density at radius 1 is 0.320 bits per heavy atom. The van der Waals surface area contributed by atoms with Crippen molar-refractivity contribution in [3.63, 3.8) is 0 Å². The summed E-state index contributed by atoms with van der Waals surface area (Å²) in [6.07, 6.45) is 39.4. The van der Waals surface area contributed by atoms with Gasteiger partial charge in [-0.25, -0.2) is 0 Å². The van der Waals surface area contributed by atoms with E-state index in [4.69, 9.17) is 9.98 Å². The number of rotatable bonds is 33. The maximum absolute atomic E-state index is 5.32. The van der Waals surface area contributed by atoms with Gasteiger partial charge < -0.3 is 0 Å². The Labute approximate surface area is 311 Å². The summed E-state index contributed by atoms with van der Waals surface area (Å²) in [4.78, 5) is 10.6. The lowest BCUT2D eigenvalue weighted by Crippen LogP contribution is -2.14. The van der Waals surface area contributed by atoms with Gasteiger partial charge in [-0.05, 0) is 86.8 Å². The van der Waals surface area contributed by atoms with E-state index in [1.165, 1.54) is 196 Å². The first-order chi connectivity index (χ1) is 24.7. The first kappa shape index (κ1) is 43.9. The van der Waals surface area contributed by atoms with Crippen LogP contribution in [0.3, 0.4) is 0 Å². The maximum atomic E-state index is 5.32. The van der Waals surface area contributed by atoms with Crippen molar-refractivity contribution in [2.75, 3.05) is 0 Å². The van der Waals surface area contributed by atoms with E-state index >= 15 is 0 Å². The van der Waals surface area contributed by atoms with Crippen LogP contribution in [0.4, 0.5) is 11.4 Å². The van der Waals surface area contributed by atoms with Gasteiger partial charge in [-0.1, -0.05) is 193 Å². The van der Waals surface area contributed by atoms with E-state index in [-0.39, 0.29) is 0 Å². The predicted molar refractivity (Wildman–Crippen MR) is 226 cm³/mol. The Morgan fingerprint density at radius 3 is 0.940 bits per heavy atom. The van der Waals surface area contributed by atoms with Crippen LogP contribution in [0.1, 0.15) is 219 Å². The predicted octanol–water partition coefficient (Wildman–Crippen LogP) is 16.6. The average molecular weight is 685 g/mol. The zero-order valence-corrected chi connectivity index (χ0v) is 33.7. The summed E-state index contributed by atoms with van der Waals surface area (Å²) in [5.74, 6) is 0. The Kier molecular flexibility index (Phi) is 27.7. The van der Waals surface area contributed by atoms with Gasteiger partial charge in [0.2, 0.25) is 0 Å². The highest BCUT2D eigenvalue weighted by atomic mass is 14.8. The lowest BCUT2D eigenvalue weighted by atomic mass is 10.0. The fourth-order valence-corrected chi connectivity index (χ4v) is 7.01. The summed E-state index contributed by atoms with van der Waals surface area (Å²) in [7, 11) is 0. The quantitative estimate of drug-likeness (QED) is 0.0528. The minimum Gasteiger partial charge on any atom is -0.252 e. The normalized spacial score (nSPS) is 12.2. The van der Waals surface area contributed by atoms with Crippen LogP contribution >= 0.6 is 0 Å². The molecule has 2 rings (SSSR count). The molecule has 0 saturated carbocycles. The Balaban J connectivity index is 2.01. The fourth-order valence-electron chi connectivity index (χ4n) is 7.01. The maximum Gasteiger partial charge on any atom is 0.0633 e. The van der Waals surface area contributed by atoms with E-state index in [0.717, 1.165) is 30.6 Å². The number of aryl methyl sites for hydroxylation is 2. The number of benzene rings is 2. The summed E-state index contributed by atoms with van der Waals surface area (Å²) in [6, 6.07) is 18.3. The van der Waals surface area contributed by atoms with E-state index in [1.807, 2.05) is 0 Å². The van der Waals surface area contributed by atoms with E-state index in [2.05, 4.69) is 76.2 Å². The third-order valence-electron chi connectivity index (χ3n) is 10.4. The number of aliphatic imine (C=N–C) groups is 2. The van der Waals surface area contributed by atoms with Gasteiger partial charge >= 0.3 is 0 Å². The number of hydrogen-bond donors (Lipinski definition) is 0. The van der Waals surface area contributed by atoms with Gasteiger partial charge in [-0.3, -0.25) is 9.98 Å². The molecule has 0 bridgehead atoms. The first-order valence-electron chi connectivity index (χ1n) is 22.0. The monoisotopic (exact) mass is 685 g/mol. The van der Waals surface area contributed by atoms with Crippen molar-refractivity contribution in [3.05, 3.63) is 59.7 Å². The molecule has 2 aromatic rings. The molecule has 0 aromatic heterocycles. The van der Waals surface area contributed by atoms with E-state index in [0.29, 0.717) is 0 Å². The van der Waals surface area contributed by atoms with Gasteiger partial charge in [0, 0.05) is 0 Å². The molecule has 0 heterocycles. The highest BCUT2D eigenvalue weighted by Crippen LogP contribution is 2.22. The summed E-state index contributed by atoms with van der Waals surface area (Å²) in [5, 5.41) is 0. The van der Waals surface area contributed by atoms with Crippen LogP contribution in [0.2, 0.25) is 0 Å². The van der Waals surface area contributed by atoms with Crippen molar-refractivity contribution in [2.45, 2.75) is 220 Å². The van der Waals surface area contributed by atoms with Gasteiger partial charge in [0.15, 0.2) is 0 Å². The van der Waals surface area contributed by atoms with Crippen LogP contribution in [0.5, 0.6) is 0 Å². The first-order valence-corrected chi connectivity index (χ1v) is 22.0. The van der Waals surface area contributed by atoms with Crippen molar-refractivity contribution < 1.29 is 0 Å². The van der Waals surface area contributed by atoms with E-state index in [1.54, 1.807) is 0 Å². The van der Waals surface area contributed by atoms with Gasteiger partial charge in [-0.15, -0.1) is 0 Å². The molecule has 0 aliphatic heterocycles. The zero-order chi connectivity index (χ0) is 35.7. The molecule has 0 amide bonds. The molecule has 2 nitrogen and oxygen atoms in total. The lowest BCUT2D eigenvalue weighted by Gasteiger charge is -2.12. The van der Waals surface area contributed by atoms with Gasteiger partial charge in [-0.2, -0.15) is 0 Å². The van der Waals surface area contributed by atoms with Crippen molar-refractivity contribution >= 4 is 22.8 Å². The SMILES string of the molecule is CCCCCCCCCCCc1ccc(N=C(CCCC)C(CCCCCCCC)=Nc2ccc(CCCCCCCCCCC)cc2)cc1. The summed E-state index contributed by atoms with van der Waals surface area (Å²) >= 11 is 0. The molecule has 0 radical (unpaired) electrons. The van der Waals surface area contributed by atoms with Gasteiger partial charge in [0.25, 0.3) is 0 Å². The summed E-state index contributed by atoms with van der Waals surface area (Å²) in [6.45, 7) is 9.18. The van der Waals surface area contributed by atoms with Crippen molar-refractivity contribution in [3.8, 4) is 0 Å². The topological polar surface area (TPSA) is 24.7 Å². The molecule has 0 unspecified atom stereocenters. The van der Waals surface area contributed by atoms with Gasteiger partial charge in [0.1, 0.15) is 0 Å². The molecule has 50 heavy (non-hydrogen) atoms. The fraction of sp³-hybridized carbons (Fsp3) is 0.708. The molecule has 2 heteroatoms. The molecule has 0 saturated heterocycles. The van der Waals surface area contributed by atoms with Crippen molar-refractivity contribution in [1.29, 1.82) is 0 Å². The molecule has 2 aromatic carbocycles. The van der Waals surface area contributed by atoms with E-state index in [9.17, 15) is 0 Å². The lowest BCUT2D eigenvalue weighted by molar-refractivity contribution is 0.565. The highest BCUT2D eigenvalue weighted by molar-refractivity contribution is 6.43. The standard InChI is InChI=1S/C48H80N2/c1-5-9-13-16-19-21-23-25-28-31-43-35-39-45(40-36-43)49-47(33-12-8-4)48(34-30-27-18-15-11-7-3)50-46-41-37-44(38-42-46)32-29-26-24-22-20-17-14-10-6-2/h35-42H,5-34H2,1-4H3. The second-order valence-electron chi connectivity index (χ2n) is 15.2. The van der Waals surface area contributed by atoms with E-state index < -0.39 is 0 Å². The van der Waals surface area contributed by atoms with Crippen LogP contribution in [0.15, 0.2) is 58.5 Å². The Morgan fingerprint density at radius 2 is 0.600 bits per heavy atom. The van der Waals surface area contributed by atoms with Crippen LogP contribution < -0.4 is 0 Å². The molecule has 0 atom stereocenters. The van der Waals surface area contributed by atoms with Gasteiger partial charge in [0.05, 0.1) is 22.8 Å². The average Bonchev–Trinajstić information content (AvgIpc) is 3.14. The Hall–Kier alpha value is -2.22. The summed E-state index contributed by atoms with van der Waals surface area (Å²) in [5.41, 5.74) is 7.48. The summed E-state index contributed by atoms with van der Waals surface area (Å²) < 4.78 is 0. The van der Waals surface area contributed by atoms with Crippen LogP contribution in [0, 0.1) is 0 Å². The smallest absolute Gasteiger partial charge is 0.0633 e. The second kappa shape index (κ2) is 31.5. The molecule has 0 spiro atoms. The molecular formula is C48H80N2. The van der Waals surface area contributed by atoms with Crippen LogP contribution in [-0.4, -0.2) is 11.4 Å². The third-order valence-corrected chi connectivity index (χ3v) is 10.4. The van der Waals surface area contributed by atoms with Crippen molar-refractivity contribution in [1.82, 2.24) is 0 Å². The third kappa shape index (κ3) is 22.6. The second-order valence-corrected chi connectivity index (χ2v) is 15.2. The molecule has 0 N–H and O–H groups in total. The highest BCUT2D eigenvalue weighted by Gasteiger charge is 2.11. The largest absolute Gasteiger partial charge is 0.252 e. The number of unbranched alkanes of at least 4 members (excludes halogenated alkanes) is 22. The van der Waals surface area contributed by atoms with Crippen LogP contribution in [-0.2, 0) is 12.8 Å². The van der Waals surface area contributed by atoms with Crippen LogP contribution in [0.25, 0.3) is 0 Å². The van der Waals surface area contributed by atoms with Crippen molar-refractivity contribution in [2.24, 2.45) is 9.98 Å². The Bertz CT molecular complexity index is 1090. The molecule has 282 valence electrons. The molecule has 0 fully saturated rings. The molecule has 0 aliphatic rings. The molecular weight excluding hydrogens is 605 g/mol. The number of hydrogen-bond acceptors (Lipinski definition) is 2. The minimum absolute atomic E-state index is 1.00.